The number of nitrogens with one attached hydrogen (secondary N) is 1. The summed E-state index contributed by atoms with van der Waals surface area (Å²) in [6, 6.07) is 40.7. The minimum absolute atomic E-state index is 0.452. The molecule has 50 heavy (non-hydrogen) atoms. The van der Waals surface area contributed by atoms with Gasteiger partial charge in [0.2, 0.25) is 0 Å². The van der Waals surface area contributed by atoms with E-state index in [1.54, 1.807) is 0 Å². The van der Waals surface area contributed by atoms with Crippen molar-refractivity contribution < 1.29 is 0 Å². The highest BCUT2D eigenvalue weighted by Gasteiger charge is 2.50. The van der Waals surface area contributed by atoms with E-state index in [1.807, 2.05) is 0 Å². The molecule has 1 unspecified atom stereocenters. The van der Waals surface area contributed by atoms with Crippen molar-refractivity contribution in [2.24, 2.45) is 0 Å². The number of aromatic nitrogens is 1. The number of aryl methyl sites for hydroxylation is 1. The van der Waals surface area contributed by atoms with Crippen LogP contribution in [-0.4, -0.2) is 11.1 Å². The van der Waals surface area contributed by atoms with E-state index >= 15 is 0 Å². The van der Waals surface area contributed by atoms with Gasteiger partial charge in [0.1, 0.15) is 0 Å². The number of nitrogens with zero attached hydrogens (tertiary/aromatic N) is 1. The third kappa shape index (κ3) is 4.34. The average molecular weight is 647 g/mol. The summed E-state index contributed by atoms with van der Waals surface area (Å²) in [4.78, 5) is 0. The average Bonchev–Trinajstić information content (AvgIpc) is 3.52. The highest BCUT2D eigenvalue weighted by Crippen LogP contribution is 2.60. The Hall–Kier alpha value is -5.60. The molecule has 5 aromatic carbocycles. The molecule has 3 aliphatic rings. The Kier molecular flexibility index (Phi) is 7.35. The van der Waals surface area contributed by atoms with E-state index in [0.29, 0.717) is 0 Å². The highest BCUT2D eigenvalue weighted by atomic mass is 15.0. The van der Waals surface area contributed by atoms with Crippen LogP contribution in [0.1, 0.15) is 66.0 Å². The summed E-state index contributed by atoms with van der Waals surface area (Å²) in [6.45, 7) is 9.85. The first kappa shape index (κ1) is 30.5. The van der Waals surface area contributed by atoms with Gasteiger partial charge in [-0.15, -0.1) is 0 Å². The lowest BCUT2D eigenvalue weighted by Crippen LogP contribution is -2.34. The van der Waals surface area contributed by atoms with E-state index in [9.17, 15) is 0 Å². The van der Waals surface area contributed by atoms with Crippen molar-refractivity contribution >= 4 is 38.6 Å². The third-order valence-corrected chi connectivity index (χ3v) is 11.2. The molecule has 0 fully saturated rings. The fraction of sp³-hybridized carbons (Fsp3) is 0.167. The van der Waals surface area contributed by atoms with Crippen LogP contribution in [0.25, 0.3) is 38.6 Å². The van der Waals surface area contributed by atoms with Gasteiger partial charge in [-0.1, -0.05) is 135 Å². The Bertz CT molecular complexity index is 2480. The van der Waals surface area contributed by atoms with Crippen molar-refractivity contribution in [2.75, 3.05) is 11.9 Å². The lowest BCUT2D eigenvalue weighted by molar-refractivity contribution is 0.741. The summed E-state index contributed by atoms with van der Waals surface area (Å²) in [7, 11) is 0. The van der Waals surface area contributed by atoms with Crippen LogP contribution in [0, 0.1) is 6.92 Å². The van der Waals surface area contributed by atoms with E-state index in [1.165, 1.54) is 83.2 Å². The number of hydrogen-bond acceptors (Lipinski definition) is 1. The fourth-order valence-electron chi connectivity index (χ4n) is 9.19. The van der Waals surface area contributed by atoms with E-state index < -0.39 is 5.41 Å². The molecule has 1 aromatic heterocycles. The van der Waals surface area contributed by atoms with E-state index in [0.717, 1.165) is 37.9 Å². The van der Waals surface area contributed by atoms with Gasteiger partial charge in [0.15, 0.2) is 0 Å². The van der Waals surface area contributed by atoms with Crippen LogP contribution < -0.4 is 5.32 Å². The molecule has 0 saturated heterocycles. The molecule has 9 rings (SSSR count). The zero-order valence-corrected chi connectivity index (χ0v) is 29.0. The molecule has 244 valence electrons. The van der Waals surface area contributed by atoms with Crippen LogP contribution in [-0.2, 0) is 5.41 Å². The second kappa shape index (κ2) is 12.1. The van der Waals surface area contributed by atoms with Crippen LogP contribution >= 0.6 is 0 Å². The molecule has 1 spiro atoms. The highest BCUT2D eigenvalue weighted by molar-refractivity contribution is 6.12. The number of hydrogen-bond donors (Lipinski definition) is 1. The molecule has 6 aromatic rings. The predicted octanol–water partition coefficient (Wildman–Crippen LogP) is 12.3. The minimum Gasteiger partial charge on any atom is -0.385 e. The Morgan fingerprint density at radius 1 is 0.760 bits per heavy atom. The van der Waals surface area contributed by atoms with E-state index in [-0.39, 0.29) is 0 Å². The van der Waals surface area contributed by atoms with Gasteiger partial charge in [0, 0.05) is 23.0 Å². The topological polar surface area (TPSA) is 17.0 Å². The van der Waals surface area contributed by atoms with E-state index in [4.69, 9.17) is 0 Å². The van der Waals surface area contributed by atoms with Crippen molar-refractivity contribution in [3.05, 3.63) is 191 Å². The molecule has 2 aliphatic carbocycles. The standard InChI is InChI=1S/C48H42N2/c1-4-16-33-17-7-6-8-18-35(33)40-31-34(28-27-32(40)3)49-30-29-37-36-19-9-11-22-42(36)48(41(37)5-2)43-23-12-14-26-46(43)50-45-25-13-10-20-38(45)39-21-15-24-44(48)47(39)50/h5,7-15,17-28,31,49H,2,4,6,16,29-30H2,1,3H3. The van der Waals surface area contributed by atoms with Crippen LogP contribution in [0.2, 0.25) is 0 Å². The Morgan fingerprint density at radius 2 is 1.52 bits per heavy atom. The van der Waals surface area contributed by atoms with Crippen molar-refractivity contribution in [1.29, 1.82) is 0 Å². The maximum absolute atomic E-state index is 4.53. The molecule has 0 radical (unpaired) electrons. The van der Waals surface area contributed by atoms with Gasteiger partial charge in [0.25, 0.3) is 0 Å². The number of rotatable bonds is 8. The number of anilines is 1. The molecule has 0 saturated carbocycles. The van der Waals surface area contributed by atoms with Crippen molar-refractivity contribution in [2.45, 2.75) is 44.9 Å². The number of allylic oxidation sites excluding steroid dienone is 8. The van der Waals surface area contributed by atoms with Crippen molar-refractivity contribution in [3.63, 3.8) is 0 Å². The summed E-state index contributed by atoms with van der Waals surface area (Å²) in [6.07, 6.45) is 15.5. The maximum Gasteiger partial charge on any atom is 0.0751 e. The number of fused-ring (bicyclic) bond motifs is 9. The van der Waals surface area contributed by atoms with Crippen LogP contribution in [0.3, 0.4) is 0 Å². The molecule has 0 amide bonds. The minimum atomic E-state index is -0.452. The number of para-hydroxylation sites is 3. The molecule has 1 aliphatic heterocycles. The smallest absolute Gasteiger partial charge is 0.0751 e. The number of benzene rings is 5. The first-order valence-corrected chi connectivity index (χ1v) is 18.2. The SMILES string of the molecule is C=CC1=C(CCNc2ccc(C)c(C3=C(CCC)C=CCC=C3)c2)c2ccccc2C12c1ccccc1-n1c3ccccc3c3cccc2c31. The lowest BCUT2D eigenvalue weighted by Gasteiger charge is -2.40. The Balaban J connectivity index is 1.17. The lowest BCUT2D eigenvalue weighted by atomic mass is 9.64. The summed E-state index contributed by atoms with van der Waals surface area (Å²) < 4.78 is 2.50. The molecule has 1 atom stereocenters. The van der Waals surface area contributed by atoms with E-state index in [2.05, 4.69) is 170 Å². The first-order valence-electron chi connectivity index (χ1n) is 18.2. The zero-order chi connectivity index (χ0) is 33.8. The summed E-state index contributed by atoms with van der Waals surface area (Å²) in [5.41, 5.74) is 17.9. The molecular weight excluding hydrogens is 605 g/mol. The van der Waals surface area contributed by atoms with Gasteiger partial charge in [-0.2, -0.15) is 0 Å². The molecule has 1 N–H and O–H groups in total. The van der Waals surface area contributed by atoms with Crippen molar-refractivity contribution in [1.82, 2.24) is 4.57 Å². The van der Waals surface area contributed by atoms with Gasteiger partial charge in [-0.3, -0.25) is 0 Å². The van der Waals surface area contributed by atoms with Crippen LogP contribution in [0.4, 0.5) is 5.69 Å². The normalized spacial score (nSPS) is 17.5. The largest absolute Gasteiger partial charge is 0.385 e. The monoisotopic (exact) mass is 646 g/mol. The maximum atomic E-state index is 4.53. The van der Waals surface area contributed by atoms with Crippen molar-refractivity contribution in [3.8, 4) is 5.69 Å². The fourth-order valence-corrected chi connectivity index (χ4v) is 9.19. The summed E-state index contributed by atoms with van der Waals surface area (Å²) in [5, 5.41) is 6.44. The molecule has 0 bridgehead atoms. The second-order valence-corrected chi connectivity index (χ2v) is 13.9. The third-order valence-electron chi connectivity index (χ3n) is 11.2. The quantitative estimate of drug-likeness (QED) is 0.174. The zero-order valence-electron chi connectivity index (χ0n) is 29.0. The molecule has 2 heterocycles. The summed E-state index contributed by atoms with van der Waals surface area (Å²) in [5.74, 6) is 0. The van der Waals surface area contributed by atoms with Crippen LogP contribution in [0.5, 0.6) is 0 Å². The van der Waals surface area contributed by atoms with Gasteiger partial charge in [0.05, 0.1) is 22.1 Å². The van der Waals surface area contributed by atoms with Gasteiger partial charge >= 0.3 is 0 Å². The van der Waals surface area contributed by atoms with Gasteiger partial charge in [-0.25, -0.2) is 0 Å². The molecule has 2 heteroatoms. The summed E-state index contributed by atoms with van der Waals surface area (Å²) >= 11 is 0. The Morgan fingerprint density at radius 3 is 2.40 bits per heavy atom. The molecule has 2 nitrogen and oxygen atoms in total. The van der Waals surface area contributed by atoms with Gasteiger partial charge < -0.3 is 9.88 Å². The van der Waals surface area contributed by atoms with Gasteiger partial charge in [-0.05, 0) is 106 Å². The second-order valence-electron chi connectivity index (χ2n) is 13.9. The predicted molar refractivity (Wildman–Crippen MR) is 213 cm³/mol. The Labute approximate surface area is 295 Å². The molecular formula is C48H42N2. The first-order chi connectivity index (χ1) is 24.7. The van der Waals surface area contributed by atoms with Crippen LogP contribution in [0.15, 0.2) is 157 Å².